The van der Waals surface area contributed by atoms with E-state index < -0.39 is 5.97 Å². The van der Waals surface area contributed by atoms with Crippen molar-refractivity contribution in [3.63, 3.8) is 0 Å². The summed E-state index contributed by atoms with van der Waals surface area (Å²) in [5, 5.41) is 0. The number of rotatable bonds is 6. The van der Waals surface area contributed by atoms with Gasteiger partial charge in [0.05, 0.1) is 31.0 Å². The molecule has 5 nitrogen and oxygen atoms in total. The maximum absolute atomic E-state index is 13.5. The van der Waals surface area contributed by atoms with E-state index in [0.29, 0.717) is 22.9 Å². The van der Waals surface area contributed by atoms with Crippen LogP contribution in [0.5, 0.6) is 5.75 Å². The Hall–Kier alpha value is -2.82. The molecule has 1 aliphatic rings. The van der Waals surface area contributed by atoms with Gasteiger partial charge in [0, 0.05) is 6.04 Å². The molecule has 0 saturated heterocycles. The minimum atomic E-state index is -0.520. The van der Waals surface area contributed by atoms with Gasteiger partial charge < -0.3 is 14.4 Å². The fourth-order valence-electron chi connectivity index (χ4n) is 3.22. The SMILES string of the molecule is COC(=O)c1ccccc1C(=O)N(c1ccccc1OC)C(C)C1CC1. The lowest BCUT2D eigenvalue weighted by atomic mass is 10.0. The Bertz CT molecular complexity index is 813. The molecule has 136 valence electrons. The zero-order valence-electron chi connectivity index (χ0n) is 15.3. The van der Waals surface area contributed by atoms with Gasteiger partial charge in [-0.2, -0.15) is 0 Å². The highest BCUT2D eigenvalue weighted by Crippen LogP contribution is 2.40. The fourth-order valence-corrected chi connectivity index (χ4v) is 3.22. The van der Waals surface area contributed by atoms with Gasteiger partial charge in [-0.05, 0) is 49.9 Å². The molecule has 0 aromatic heterocycles. The lowest BCUT2D eigenvalue weighted by molar-refractivity contribution is 0.0597. The molecule has 1 saturated carbocycles. The zero-order valence-corrected chi connectivity index (χ0v) is 15.3. The van der Waals surface area contributed by atoms with E-state index in [9.17, 15) is 9.59 Å². The van der Waals surface area contributed by atoms with Gasteiger partial charge in [0.15, 0.2) is 0 Å². The predicted octanol–water partition coefficient (Wildman–Crippen LogP) is 3.93. The highest BCUT2D eigenvalue weighted by molar-refractivity contribution is 6.13. The number of esters is 1. The molecule has 3 rings (SSSR count). The van der Waals surface area contributed by atoms with Crippen molar-refractivity contribution in [2.45, 2.75) is 25.8 Å². The molecule has 0 N–H and O–H groups in total. The summed E-state index contributed by atoms with van der Waals surface area (Å²) < 4.78 is 10.3. The first-order chi connectivity index (χ1) is 12.6. The van der Waals surface area contributed by atoms with Gasteiger partial charge >= 0.3 is 5.97 Å². The van der Waals surface area contributed by atoms with Crippen LogP contribution in [0.25, 0.3) is 0 Å². The summed E-state index contributed by atoms with van der Waals surface area (Å²) >= 11 is 0. The normalized spacial score (nSPS) is 14.4. The molecule has 0 spiro atoms. The Kier molecular flexibility index (Phi) is 5.26. The topological polar surface area (TPSA) is 55.8 Å². The summed E-state index contributed by atoms with van der Waals surface area (Å²) in [7, 11) is 2.90. The molecular weight excluding hydrogens is 330 g/mol. The molecule has 0 aliphatic heterocycles. The molecule has 2 aromatic rings. The number of para-hydroxylation sites is 2. The third-order valence-corrected chi connectivity index (χ3v) is 4.84. The largest absolute Gasteiger partial charge is 0.495 e. The van der Waals surface area contributed by atoms with Crippen molar-refractivity contribution in [1.82, 2.24) is 0 Å². The Morgan fingerprint density at radius 3 is 2.23 bits per heavy atom. The van der Waals surface area contributed by atoms with Crippen LogP contribution in [0.2, 0.25) is 0 Å². The molecule has 5 heteroatoms. The highest BCUT2D eigenvalue weighted by atomic mass is 16.5. The number of hydrogen-bond acceptors (Lipinski definition) is 4. The molecule has 1 fully saturated rings. The molecule has 0 heterocycles. The number of carbonyl (C=O) groups excluding carboxylic acids is 2. The van der Waals surface area contributed by atoms with E-state index in [4.69, 9.17) is 9.47 Å². The standard InChI is InChI=1S/C21H23NO4/c1-14(15-12-13-15)22(18-10-6-7-11-19(18)25-2)20(23)16-8-4-5-9-17(16)21(24)26-3/h4-11,14-15H,12-13H2,1-3H3. The summed E-state index contributed by atoms with van der Waals surface area (Å²) in [6.07, 6.45) is 2.19. The van der Waals surface area contributed by atoms with Crippen LogP contribution in [-0.2, 0) is 4.74 Å². The highest BCUT2D eigenvalue weighted by Gasteiger charge is 2.37. The average Bonchev–Trinajstić information content (AvgIpc) is 3.53. The van der Waals surface area contributed by atoms with E-state index in [1.807, 2.05) is 31.2 Å². The lowest BCUT2D eigenvalue weighted by Gasteiger charge is -2.31. The molecule has 1 aliphatic carbocycles. The van der Waals surface area contributed by atoms with E-state index in [1.54, 1.807) is 36.3 Å². The average molecular weight is 353 g/mol. The molecule has 2 aromatic carbocycles. The van der Waals surface area contributed by atoms with Gasteiger partial charge in [0.1, 0.15) is 5.75 Å². The maximum Gasteiger partial charge on any atom is 0.338 e. The minimum Gasteiger partial charge on any atom is -0.495 e. The van der Waals surface area contributed by atoms with Gasteiger partial charge in [-0.3, -0.25) is 4.79 Å². The Balaban J connectivity index is 2.08. The third kappa shape index (κ3) is 3.43. The van der Waals surface area contributed by atoms with Crippen molar-refractivity contribution in [3.05, 3.63) is 59.7 Å². The van der Waals surface area contributed by atoms with E-state index in [0.717, 1.165) is 12.8 Å². The number of methoxy groups -OCH3 is 2. The second-order valence-electron chi connectivity index (χ2n) is 6.46. The van der Waals surface area contributed by atoms with Crippen molar-refractivity contribution < 1.29 is 19.1 Å². The van der Waals surface area contributed by atoms with Crippen molar-refractivity contribution in [3.8, 4) is 5.75 Å². The van der Waals surface area contributed by atoms with Crippen molar-refractivity contribution in [1.29, 1.82) is 0 Å². The number of ether oxygens (including phenoxy) is 2. The van der Waals surface area contributed by atoms with Gasteiger partial charge in [-0.15, -0.1) is 0 Å². The summed E-state index contributed by atoms with van der Waals surface area (Å²) in [6, 6.07) is 14.2. The molecule has 0 bridgehead atoms. The Morgan fingerprint density at radius 2 is 1.62 bits per heavy atom. The van der Waals surface area contributed by atoms with Crippen molar-refractivity contribution in [2.75, 3.05) is 19.1 Å². The second kappa shape index (κ2) is 7.60. The van der Waals surface area contributed by atoms with Gasteiger partial charge in [-0.25, -0.2) is 4.79 Å². The van der Waals surface area contributed by atoms with Crippen LogP contribution in [0.4, 0.5) is 5.69 Å². The van der Waals surface area contributed by atoms with Gasteiger partial charge in [0.2, 0.25) is 0 Å². The number of benzene rings is 2. The first-order valence-electron chi connectivity index (χ1n) is 8.72. The van der Waals surface area contributed by atoms with Crippen LogP contribution in [0.1, 0.15) is 40.5 Å². The van der Waals surface area contributed by atoms with Crippen molar-refractivity contribution in [2.24, 2.45) is 5.92 Å². The smallest absolute Gasteiger partial charge is 0.338 e. The number of amides is 1. The number of hydrogen-bond donors (Lipinski definition) is 0. The minimum absolute atomic E-state index is 0.00417. The molecule has 1 atom stereocenters. The molecule has 0 radical (unpaired) electrons. The first kappa shape index (κ1) is 18.0. The number of nitrogens with zero attached hydrogens (tertiary/aromatic N) is 1. The molecule has 26 heavy (non-hydrogen) atoms. The monoisotopic (exact) mass is 353 g/mol. The zero-order chi connectivity index (χ0) is 18.7. The summed E-state index contributed by atoms with van der Waals surface area (Å²) in [5.74, 6) is 0.334. The quantitative estimate of drug-likeness (QED) is 0.739. The second-order valence-corrected chi connectivity index (χ2v) is 6.46. The van der Waals surface area contributed by atoms with Gasteiger partial charge in [-0.1, -0.05) is 24.3 Å². The van der Waals surface area contributed by atoms with Crippen LogP contribution < -0.4 is 9.64 Å². The summed E-state index contributed by atoms with van der Waals surface area (Å²) in [6.45, 7) is 2.04. The van der Waals surface area contributed by atoms with Crippen LogP contribution in [0, 0.1) is 5.92 Å². The van der Waals surface area contributed by atoms with E-state index >= 15 is 0 Å². The Labute approximate surface area is 153 Å². The predicted molar refractivity (Wildman–Crippen MR) is 99.8 cm³/mol. The van der Waals surface area contributed by atoms with Crippen LogP contribution in [0.15, 0.2) is 48.5 Å². The van der Waals surface area contributed by atoms with E-state index in [-0.39, 0.29) is 17.5 Å². The molecular formula is C21H23NO4. The maximum atomic E-state index is 13.5. The van der Waals surface area contributed by atoms with Gasteiger partial charge in [0.25, 0.3) is 5.91 Å². The van der Waals surface area contributed by atoms with Crippen LogP contribution >= 0.6 is 0 Å². The third-order valence-electron chi connectivity index (χ3n) is 4.84. The van der Waals surface area contributed by atoms with Crippen LogP contribution in [0.3, 0.4) is 0 Å². The van der Waals surface area contributed by atoms with E-state index in [2.05, 4.69) is 0 Å². The Morgan fingerprint density at radius 1 is 1.00 bits per heavy atom. The van der Waals surface area contributed by atoms with Crippen molar-refractivity contribution >= 4 is 17.6 Å². The fraction of sp³-hybridized carbons (Fsp3) is 0.333. The number of anilines is 1. The van der Waals surface area contributed by atoms with E-state index in [1.165, 1.54) is 7.11 Å². The summed E-state index contributed by atoms with van der Waals surface area (Å²) in [5.41, 5.74) is 1.31. The number of carbonyl (C=O) groups is 2. The van der Waals surface area contributed by atoms with Crippen LogP contribution in [-0.4, -0.2) is 32.1 Å². The summed E-state index contributed by atoms with van der Waals surface area (Å²) in [4.78, 5) is 27.4. The first-order valence-corrected chi connectivity index (χ1v) is 8.72. The molecule has 1 amide bonds. The molecule has 1 unspecified atom stereocenters. The lowest BCUT2D eigenvalue weighted by Crippen LogP contribution is -2.41.